The van der Waals surface area contributed by atoms with Crippen LogP contribution < -0.4 is 11.1 Å². The van der Waals surface area contributed by atoms with E-state index in [1.165, 1.54) is 22.8 Å². The number of amides is 1. The zero-order valence-corrected chi connectivity index (χ0v) is 11.7. The second kappa shape index (κ2) is 5.89. The standard InChI is InChI=1S/C12H10ClN3O3S/c13-7-3-6(1-2-8(7)14)11(17)15-4-10-16-9(5-20-10)12(18)19/h1-3,5H,4,14H2,(H,15,17)(H,18,19). The van der Waals surface area contributed by atoms with Gasteiger partial charge >= 0.3 is 5.97 Å². The number of aromatic nitrogens is 1. The molecule has 0 unspecified atom stereocenters. The van der Waals surface area contributed by atoms with Crippen LogP contribution in [0.25, 0.3) is 0 Å². The summed E-state index contributed by atoms with van der Waals surface area (Å²) in [5.74, 6) is -1.43. The predicted octanol–water partition coefficient (Wildman–Crippen LogP) is 2.01. The topological polar surface area (TPSA) is 105 Å². The Labute approximate surface area is 123 Å². The molecule has 1 aromatic heterocycles. The van der Waals surface area contributed by atoms with Gasteiger partial charge in [-0.3, -0.25) is 4.79 Å². The molecule has 0 spiro atoms. The van der Waals surface area contributed by atoms with Crippen LogP contribution in [0.15, 0.2) is 23.6 Å². The first kappa shape index (κ1) is 14.3. The fraction of sp³-hybridized carbons (Fsp3) is 0.0833. The summed E-state index contributed by atoms with van der Waals surface area (Å²) in [5.41, 5.74) is 6.30. The van der Waals surface area contributed by atoms with Crippen LogP contribution in [-0.4, -0.2) is 22.0 Å². The number of thiazole rings is 1. The van der Waals surface area contributed by atoms with Gasteiger partial charge in [-0.2, -0.15) is 0 Å². The van der Waals surface area contributed by atoms with E-state index in [9.17, 15) is 9.59 Å². The van der Waals surface area contributed by atoms with Gasteiger partial charge in [0.1, 0.15) is 5.01 Å². The molecule has 0 saturated carbocycles. The Kier molecular flexibility index (Phi) is 4.21. The molecule has 0 aliphatic heterocycles. The lowest BCUT2D eigenvalue weighted by Gasteiger charge is -2.04. The molecular formula is C12H10ClN3O3S. The van der Waals surface area contributed by atoms with Crippen LogP contribution in [0.2, 0.25) is 5.02 Å². The Morgan fingerprint density at radius 1 is 1.45 bits per heavy atom. The van der Waals surface area contributed by atoms with Crippen molar-refractivity contribution in [1.29, 1.82) is 0 Å². The molecule has 4 N–H and O–H groups in total. The predicted molar refractivity (Wildman–Crippen MR) is 76.1 cm³/mol. The van der Waals surface area contributed by atoms with Crippen LogP contribution in [-0.2, 0) is 6.54 Å². The van der Waals surface area contributed by atoms with Crippen LogP contribution in [0.5, 0.6) is 0 Å². The summed E-state index contributed by atoms with van der Waals surface area (Å²) in [5, 5.41) is 13.6. The lowest BCUT2D eigenvalue weighted by Crippen LogP contribution is -2.22. The molecule has 0 fully saturated rings. The summed E-state index contributed by atoms with van der Waals surface area (Å²) in [4.78, 5) is 26.4. The van der Waals surface area contributed by atoms with Crippen molar-refractivity contribution in [3.8, 4) is 0 Å². The molecule has 1 amide bonds. The minimum atomic E-state index is -1.09. The van der Waals surface area contributed by atoms with Gasteiger partial charge in [0.2, 0.25) is 0 Å². The van der Waals surface area contributed by atoms with Crippen molar-refractivity contribution in [2.45, 2.75) is 6.54 Å². The monoisotopic (exact) mass is 311 g/mol. The first-order chi connectivity index (χ1) is 9.47. The Hall–Kier alpha value is -2.12. The number of hydrogen-bond acceptors (Lipinski definition) is 5. The van der Waals surface area contributed by atoms with Crippen molar-refractivity contribution in [2.75, 3.05) is 5.73 Å². The van der Waals surface area contributed by atoms with E-state index in [1.807, 2.05) is 0 Å². The summed E-state index contributed by atoms with van der Waals surface area (Å²) in [6.45, 7) is 0.152. The second-order valence-corrected chi connectivity index (χ2v) is 5.20. The highest BCUT2D eigenvalue weighted by molar-refractivity contribution is 7.09. The first-order valence-corrected chi connectivity index (χ1v) is 6.74. The molecule has 2 aromatic rings. The van der Waals surface area contributed by atoms with Gasteiger partial charge < -0.3 is 16.2 Å². The van der Waals surface area contributed by atoms with Gasteiger partial charge in [-0.15, -0.1) is 11.3 Å². The molecule has 1 aromatic carbocycles. The number of carbonyl (C=O) groups is 2. The van der Waals surface area contributed by atoms with Crippen LogP contribution >= 0.6 is 22.9 Å². The molecule has 1 heterocycles. The third kappa shape index (κ3) is 3.25. The van der Waals surface area contributed by atoms with E-state index in [0.29, 0.717) is 21.3 Å². The SMILES string of the molecule is Nc1ccc(C(=O)NCc2nc(C(=O)O)cs2)cc1Cl. The number of carboxylic acids is 1. The van der Waals surface area contributed by atoms with Crippen molar-refractivity contribution in [1.82, 2.24) is 10.3 Å². The highest BCUT2D eigenvalue weighted by Gasteiger charge is 2.11. The number of anilines is 1. The van der Waals surface area contributed by atoms with Gasteiger partial charge in [0.25, 0.3) is 5.91 Å². The first-order valence-electron chi connectivity index (χ1n) is 5.48. The summed E-state index contributed by atoms with van der Waals surface area (Å²) < 4.78 is 0. The van der Waals surface area contributed by atoms with Crippen LogP contribution in [0, 0.1) is 0 Å². The highest BCUT2D eigenvalue weighted by Crippen LogP contribution is 2.19. The maximum absolute atomic E-state index is 11.9. The molecule has 8 heteroatoms. The van der Waals surface area contributed by atoms with Crippen LogP contribution in [0.4, 0.5) is 5.69 Å². The number of nitrogen functional groups attached to an aromatic ring is 1. The fourth-order valence-electron chi connectivity index (χ4n) is 1.42. The van der Waals surface area contributed by atoms with Gasteiger partial charge in [-0.05, 0) is 18.2 Å². The molecule has 0 atom stereocenters. The van der Waals surface area contributed by atoms with Gasteiger partial charge in [0.05, 0.1) is 17.3 Å². The molecule has 0 saturated heterocycles. The maximum Gasteiger partial charge on any atom is 0.355 e. The number of hydrogen-bond donors (Lipinski definition) is 3. The Balaban J connectivity index is 2.00. The number of nitrogens with one attached hydrogen (secondary N) is 1. The molecular weight excluding hydrogens is 302 g/mol. The van der Waals surface area contributed by atoms with Crippen molar-refractivity contribution in [2.24, 2.45) is 0 Å². The van der Waals surface area contributed by atoms with Gasteiger partial charge in [-0.25, -0.2) is 9.78 Å². The van der Waals surface area contributed by atoms with Gasteiger partial charge in [-0.1, -0.05) is 11.6 Å². The average molecular weight is 312 g/mol. The van der Waals surface area contributed by atoms with Crippen molar-refractivity contribution in [3.63, 3.8) is 0 Å². The third-order valence-corrected chi connectivity index (χ3v) is 3.61. The number of carboxylic acid groups (broad SMARTS) is 1. The largest absolute Gasteiger partial charge is 0.476 e. The van der Waals surface area contributed by atoms with E-state index < -0.39 is 5.97 Å². The number of nitrogens with two attached hydrogens (primary N) is 1. The molecule has 20 heavy (non-hydrogen) atoms. The van der Waals surface area contributed by atoms with E-state index in [4.69, 9.17) is 22.4 Å². The molecule has 104 valence electrons. The van der Waals surface area contributed by atoms with E-state index in [1.54, 1.807) is 12.1 Å². The van der Waals surface area contributed by atoms with E-state index in [-0.39, 0.29) is 18.1 Å². The summed E-state index contributed by atoms with van der Waals surface area (Å²) in [7, 11) is 0. The number of carbonyl (C=O) groups excluding carboxylic acids is 1. The molecule has 0 aliphatic rings. The summed E-state index contributed by atoms with van der Waals surface area (Å²) >= 11 is 7.00. The minimum absolute atomic E-state index is 0.0326. The Morgan fingerprint density at radius 3 is 2.80 bits per heavy atom. The molecule has 0 aliphatic carbocycles. The average Bonchev–Trinajstić information content (AvgIpc) is 2.88. The van der Waals surface area contributed by atoms with Crippen molar-refractivity contribution < 1.29 is 14.7 Å². The van der Waals surface area contributed by atoms with Crippen LogP contribution in [0.1, 0.15) is 25.9 Å². The van der Waals surface area contributed by atoms with Crippen molar-refractivity contribution in [3.05, 3.63) is 44.9 Å². The van der Waals surface area contributed by atoms with E-state index in [2.05, 4.69) is 10.3 Å². The lowest BCUT2D eigenvalue weighted by atomic mass is 10.2. The summed E-state index contributed by atoms with van der Waals surface area (Å²) in [6, 6.07) is 4.57. The Bertz CT molecular complexity index is 672. The minimum Gasteiger partial charge on any atom is -0.476 e. The molecule has 0 bridgehead atoms. The zero-order chi connectivity index (χ0) is 14.7. The summed E-state index contributed by atoms with van der Waals surface area (Å²) in [6.07, 6.45) is 0. The second-order valence-electron chi connectivity index (χ2n) is 3.85. The van der Waals surface area contributed by atoms with Gasteiger partial charge in [0.15, 0.2) is 5.69 Å². The maximum atomic E-state index is 11.9. The van der Waals surface area contributed by atoms with Gasteiger partial charge in [0, 0.05) is 10.9 Å². The highest BCUT2D eigenvalue weighted by atomic mass is 35.5. The lowest BCUT2D eigenvalue weighted by molar-refractivity contribution is 0.0691. The molecule has 6 nitrogen and oxygen atoms in total. The number of nitrogens with zero attached hydrogens (tertiary/aromatic N) is 1. The van der Waals surface area contributed by atoms with E-state index >= 15 is 0 Å². The Morgan fingerprint density at radius 2 is 2.20 bits per heavy atom. The van der Waals surface area contributed by atoms with Crippen molar-refractivity contribution >= 4 is 40.5 Å². The fourth-order valence-corrected chi connectivity index (χ4v) is 2.30. The van der Waals surface area contributed by atoms with Crippen LogP contribution in [0.3, 0.4) is 0 Å². The third-order valence-electron chi connectivity index (χ3n) is 2.43. The number of rotatable bonds is 4. The molecule has 2 rings (SSSR count). The number of benzene rings is 1. The zero-order valence-electron chi connectivity index (χ0n) is 10.1. The number of halogens is 1. The smallest absolute Gasteiger partial charge is 0.355 e. The van der Waals surface area contributed by atoms with E-state index in [0.717, 1.165) is 0 Å². The quantitative estimate of drug-likeness (QED) is 0.749. The normalized spacial score (nSPS) is 10.2. The molecule has 0 radical (unpaired) electrons. The number of aromatic carboxylic acids is 1.